The van der Waals surface area contributed by atoms with Crippen molar-refractivity contribution in [2.75, 3.05) is 10.6 Å². The van der Waals surface area contributed by atoms with E-state index >= 15 is 0 Å². The molecule has 7 nitrogen and oxygen atoms in total. The number of rotatable bonds is 7. The molecule has 0 aliphatic carbocycles. The summed E-state index contributed by atoms with van der Waals surface area (Å²) in [5.41, 5.74) is -0.442. The van der Waals surface area contributed by atoms with Gasteiger partial charge in [0.1, 0.15) is 5.66 Å². The average molecular weight is 396 g/mol. The molecular formula is C17H21N2O5PS. The third-order valence-corrected chi connectivity index (χ3v) is 5.68. The van der Waals surface area contributed by atoms with Crippen LogP contribution in [0.1, 0.15) is 29.9 Å². The Kier molecular flexibility index (Phi) is 6.72. The van der Waals surface area contributed by atoms with Crippen LogP contribution in [0.15, 0.2) is 41.8 Å². The Bertz CT molecular complexity index is 799. The molecule has 2 aromatic rings. The van der Waals surface area contributed by atoms with Crippen LogP contribution in [0.4, 0.5) is 11.4 Å². The lowest BCUT2D eigenvalue weighted by molar-refractivity contribution is -0.116. The number of hydrogen-bond acceptors (Lipinski definition) is 4. The van der Waals surface area contributed by atoms with Crippen LogP contribution in [-0.2, 0) is 9.36 Å². The Hall–Kier alpha value is -1.99. The van der Waals surface area contributed by atoms with Crippen LogP contribution < -0.4 is 10.6 Å². The molecule has 1 heterocycles. The van der Waals surface area contributed by atoms with Crippen molar-refractivity contribution in [2.45, 2.75) is 25.9 Å². The molecule has 9 heteroatoms. The normalized spacial score (nSPS) is 12.7. The summed E-state index contributed by atoms with van der Waals surface area (Å²) in [5.74, 6) is -0.981. The van der Waals surface area contributed by atoms with Crippen LogP contribution in [0.25, 0.3) is 0 Å². The summed E-state index contributed by atoms with van der Waals surface area (Å²) in [6, 6.07) is 9.84. The van der Waals surface area contributed by atoms with Crippen LogP contribution in [0.3, 0.4) is 0 Å². The van der Waals surface area contributed by atoms with E-state index in [9.17, 15) is 23.9 Å². The van der Waals surface area contributed by atoms with Gasteiger partial charge in [-0.05, 0) is 48.1 Å². The maximum absolute atomic E-state index is 12.2. The lowest BCUT2D eigenvalue weighted by Crippen LogP contribution is -2.29. The van der Waals surface area contributed by atoms with E-state index in [0.717, 1.165) is 0 Å². The van der Waals surface area contributed by atoms with Crippen molar-refractivity contribution in [3.63, 3.8) is 0 Å². The first-order valence-corrected chi connectivity index (χ1v) is 10.5. The minimum absolute atomic E-state index is 0.0341. The van der Waals surface area contributed by atoms with E-state index in [1.54, 1.807) is 50.2 Å². The van der Waals surface area contributed by atoms with E-state index in [1.807, 2.05) is 5.38 Å². The molecule has 2 rings (SSSR count). The van der Waals surface area contributed by atoms with Crippen molar-refractivity contribution in [2.24, 2.45) is 5.92 Å². The topological polar surface area (TPSA) is 116 Å². The second-order valence-corrected chi connectivity index (χ2v) is 8.98. The molecule has 4 N–H and O–H groups in total. The van der Waals surface area contributed by atoms with E-state index < -0.39 is 19.2 Å². The second-order valence-electron chi connectivity index (χ2n) is 6.23. The molecular weight excluding hydrogens is 375 g/mol. The number of carbonyl (C=O) groups is 2. The van der Waals surface area contributed by atoms with Gasteiger partial charge in [0.2, 0.25) is 5.91 Å². The van der Waals surface area contributed by atoms with E-state index in [0.29, 0.717) is 16.3 Å². The number of benzene rings is 1. The van der Waals surface area contributed by atoms with Crippen molar-refractivity contribution in [3.8, 4) is 0 Å². The molecule has 0 aliphatic heterocycles. The minimum Gasteiger partial charge on any atom is -0.325 e. The quantitative estimate of drug-likeness (QED) is 0.535. The van der Waals surface area contributed by atoms with Crippen molar-refractivity contribution >= 4 is 42.1 Å². The fourth-order valence-corrected chi connectivity index (χ4v) is 3.99. The Morgan fingerprint density at radius 2 is 1.65 bits per heavy atom. The van der Waals surface area contributed by atoms with Crippen LogP contribution in [0.5, 0.6) is 0 Å². The maximum atomic E-state index is 12.2. The molecule has 1 aromatic heterocycles. The van der Waals surface area contributed by atoms with E-state index in [2.05, 4.69) is 10.6 Å². The molecule has 0 radical (unpaired) electrons. The first-order chi connectivity index (χ1) is 12.2. The molecule has 1 aromatic carbocycles. The van der Waals surface area contributed by atoms with Crippen LogP contribution in [0, 0.1) is 5.92 Å². The van der Waals surface area contributed by atoms with Gasteiger partial charge in [-0.3, -0.25) is 14.2 Å². The second kappa shape index (κ2) is 8.60. The van der Waals surface area contributed by atoms with Gasteiger partial charge in [0.25, 0.3) is 5.91 Å². The molecule has 140 valence electrons. The third kappa shape index (κ3) is 5.78. The standard InChI is InChI=1S/C17H21N2O5PS/c1-11(2)10-14(25(22,23)24)16(20)18-12-5-7-13(8-6-12)19-17(21)15-4-3-9-26-15/h3-9,11,14H,10H2,1-2H3,(H,18,20)(H,19,21)(H2,22,23,24). The van der Waals surface area contributed by atoms with Gasteiger partial charge in [-0.2, -0.15) is 0 Å². The predicted molar refractivity (Wildman–Crippen MR) is 103 cm³/mol. The van der Waals surface area contributed by atoms with E-state index in [1.165, 1.54) is 11.3 Å². The molecule has 0 spiro atoms. The zero-order valence-electron chi connectivity index (χ0n) is 14.4. The van der Waals surface area contributed by atoms with Gasteiger partial charge in [-0.15, -0.1) is 11.3 Å². The van der Waals surface area contributed by atoms with E-state index in [4.69, 9.17) is 0 Å². The largest absolute Gasteiger partial charge is 0.337 e. The molecule has 0 fully saturated rings. The van der Waals surface area contributed by atoms with Gasteiger partial charge < -0.3 is 20.4 Å². The molecule has 0 bridgehead atoms. The Morgan fingerprint density at radius 3 is 2.12 bits per heavy atom. The van der Waals surface area contributed by atoms with Gasteiger partial charge in [-0.25, -0.2) is 0 Å². The minimum atomic E-state index is -4.55. The fraction of sp³-hybridized carbons (Fsp3) is 0.294. The molecule has 1 atom stereocenters. The Balaban J connectivity index is 2.02. The summed E-state index contributed by atoms with van der Waals surface area (Å²) in [4.78, 5) is 43.6. The van der Waals surface area contributed by atoms with Crippen molar-refractivity contribution in [1.29, 1.82) is 0 Å². The van der Waals surface area contributed by atoms with Crippen molar-refractivity contribution in [3.05, 3.63) is 46.7 Å². The molecule has 0 saturated carbocycles. The van der Waals surface area contributed by atoms with Gasteiger partial charge >= 0.3 is 7.60 Å². The molecule has 26 heavy (non-hydrogen) atoms. The monoisotopic (exact) mass is 396 g/mol. The van der Waals surface area contributed by atoms with Crippen LogP contribution in [-0.4, -0.2) is 27.3 Å². The van der Waals surface area contributed by atoms with Gasteiger partial charge in [0.05, 0.1) is 4.88 Å². The van der Waals surface area contributed by atoms with Crippen molar-refractivity contribution < 1.29 is 23.9 Å². The zero-order valence-corrected chi connectivity index (χ0v) is 16.1. The lowest BCUT2D eigenvalue weighted by Gasteiger charge is -2.19. The molecule has 0 aliphatic rings. The van der Waals surface area contributed by atoms with Crippen molar-refractivity contribution in [1.82, 2.24) is 0 Å². The number of hydrogen-bond donors (Lipinski definition) is 4. The first-order valence-electron chi connectivity index (χ1n) is 7.98. The summed E-state index contributed by atoms with van der Waals surface area (Å²) in [6.45, 7) is 3.59. The number of carbonyl (C=O) groups excluding carboxylic acids is 2. The number of thiophene rings is 1. The highest BCUT2D eigenvalue weighted by Crippen LogP contribution is 2.44. The average Bonchev–Trinajstić information content (AvgIpc) is 3.07. The smallest absolute Gasteiger partial charge is 0.325 e. The number of anilines is 2. The highest BCUT2D eigenvalue weighted by Gasteiger charge is 2.36. The third-order valence-electron chi connectivity index (χ3n) is 3.56. The molecule has 2 amide bonds. The highest BCUT2D eigenvalue weighted by atomic mass is 32.1. The van der Waals surface area contributed by atoms with Crippen LogP contribution in [0.2, 0.25) is 0 Å². The van der Waals surface area contributed by atoms with Crippen LogP contribution >= 0.6 is 18.9 Å². The van der Waals surface area contributed by atoms with Gasteiger partial charge in [0, 0.05) is 11.4 Å². The summed E-state index contributed by atoms with van der Waals surface area (Å²) in [6.07, 6.45) is 0.0884. The summed E-state index contributed by atoms with van der Waals surface area (Å²) < 4.78 is 11.6. The predicted octanol–water partition coefficient (Wildman–Crippen LogP) is 3.53. The first kappa shape index (κ1) is 20.3. The Morgan fingerprint density at radius 1 is 1.08 bits per heavy atom. The number of amides is 2. The summed E-state index contributed by atoms with van der Waals surface area (Å²) in [7, 11) is -4.55. The zero-order chi connectivity index (χ0) is 19.3. The summed E-state index contributed by atoms with van der Waals surface area (Å²) >= 11 is 1.33. The summed E-state index contributed by atoms with van der Waals surface area (Å²) in [5, 5.41) is 7.06. The maximum Gasteiger partial charge on any atom is 0.337 e. The number of nitrogens with one attached hydrogen (secondary N) is 2. The van der Waals surface area contributed by atoms with Gasteiger partial charge in [-0.1, -0.05) is 19.9 Å². The highest BCUT2D eigenvalue weighted by molar-refractivity contribution is 7.53. The molecule has 0 saturated heterocycles. The molecule has 1 unspecified atom stereocenters. The fourth-order valence-electron chi connectivity index (χ4n) is 2.31. The van der Waals surface area contributed by atoms with Gasteiger partial charge in [0.15, 0.2) is 0 Å². The SMILES string of the molecule is CC(C)CC(C(=O)Nc1ccc(NC(=O)c2cccs2)cc1)P(=O)(O)O. The lowest BCUT2D eigenvalue weighted by atomic mass is 10.1. The Labute approximate surface area is 155 Å². The van der Waals surface area contributed by atoms with E-state index in [-0.39, 0.29) is 18.2 Å².